The highest BCUT2D eigenvalue weighted by molar-refractivity contribution is 7.07. The van der Waals surface area contributed by atoms with E-state index in [9.17, 15) is 9.18 Å². The molecule has 0 aliphatic carbocycles. The molecule has 2 aromatic rings. The van der Waals surface area contributed by atoms with Gasteiger partial charge in [-0.05, 0) is 37.1 Å². The van der Waals surface area contributed by atoms with Gasteiger partial charge in [-0.3, -0.25) is 4.79 Å². The molecular weight excluding hydrogens is 329 g/mol. The molecule has 7 heteroatoms. The molecule has 0 unspecified atom stereocenters. The third-order valence-corrected chi connectivity index (χ3v) is 4.24. The second kappa shape index (κ2) is 8.03. The fraction of sp³-hybridized carbons (Fsp3) is 0.294. The van der Waals surface area contributed by atoms with Crippen molar-refractivity contribution in [3.05, 3.63) is 46.7 Å². The lowest BCUT2D eigenvalue weighted by molar-refractivity contribution is -0.111. The molecule has 126 valence electrons. The van der Waals surface area contributed by atoms with Crippen LogP contribution in [0.15, 0.2) is 35.2 Å². The topological polar surface area (TPSA) is 63.2 Å². The Labute approximate surface area is 143 Å². The Morgan fingerprint density at radius 2 is 2.42 bits per heavy atom. The lowest BCUT2D eigenvalue weighted by atomic mass is 10.2. The van der Waals surface area contributed by atoms with Gasteiger partial charge in [-0.25, -0.2) is 9.37 Å². The first-order valence-electron chi connectivity index (χ1n) is 7.73. The molecule has 1 aliphatic heterocycles. The van der Waals surface area contributed by atoms with Crippen LogP contribution in [0, 0.1) is 5.82 Å². The zero-order valence-electron chi connectivity index (χ0n) is 13.0. The molecule has 1 atom stereocenters. The summed E-state index contributed by atoms with van der Waals surface area (Å²) in [6.45, 7) is 1.35. The predicted molar refractivity (Wildman–Crippen MR) is 93.6 cm³/mol. The Balaban J connectivity index is 1.54. The van der Waals surface area contributed by atoms with Gasteiger partial charge in [0.15, 0.2) is 0 Å². The third-order valence-electron chi connectivity index (χ3n) is 3.64. The Kier molecular flexibility index (Phi) is 5.55. The molecule has 0 bridgehead atoms. The Morgan fingerprint density at radius 3 is 3.12 bits per heavy atom. The summed E-state index contributed by atoms with van der Waals surface area (Å²) in [7, 11) is 0. The first-order valence-corrected chi connectivity index (χ1v) is 8.67. The molecule has 1 fully saturated rings. The number of halogens is 1. The fourth-order valence-corrected chi connectivity index (χ4v) is 2.94. The minimum atomic E-state index is -0.408. The van der Waals surface area contributed by atoms with Gasteiger partial charge in [-0.15, -0.1) is 11.3 Å². The lowest BCUT2D eigenvalue weighted by Crippen LogP contribution is -2.19. The molecule has 5 nitrogen and oxygen atoms in total. The Morgan fingerprint density at radius 1 is 1.50 bits per heavy atom. The van der Waals surface area contributed by atoms with Gasteiger partial charge in [0.25, 0.3) is 0 Å². The van der Waals surface area contributed by atoms with Crippen molar-refractivity contribution in [3.8, 4) is 0 Å². The maximum absolute atomic E-state index is 14.1. The van der Waals surface area contributed by atoms with E-state index >= 15 is 0 Å². The largest absolute Gasteiger partial charge is 0.380 e. The van der Waals surface area contributed by atoms with Crippen LogP contribution in [0.4, 0.5) is 15.8 Å². The van der Waals surface area contributed by atoms with E-state index in [1.807, 2.05) is 5.38 Å². The summed E-state index contributed by atoms with van der Waals surface area (Å²) in [6.07, 6.45) is 5.16. The monoisotopic (exact) mass is 347 g/mol. The maximum Gasteiger partial charge on any atom is 0.248 e. The first kappa shape index (κ1) is 16.6. The number of hydrogen-bond donors (Lipinski definition) is 2. The molecule has 1 aromatic heterocycles. The number of carbonyl (C=O) groups is 1. The van der Waals surface area contributed by atoms with Crippen LogP contribution in [0.25, 0.3) is 6.08 Å². The van der Waals surface area contributed by atoms with E-state index in [0.29, 0.717) is 17.9 Å². The van der Waals surface area contributed by atoms with Gasteiger partial charge in [-0.2, -0.15) is 0 Å². The second-order valence-electron chi connectivity index (χ2n) is 5.45. The molecule has 0 radical (unpaired) electrons. The van der Waals surface area contributed by atoms with Crippen molar-refractivity contribution in [3.63, 3.8) is 0 Å². The lowest BCUT2D eigenvalue weighted by Gasteiger charge is -2.13. The van der Waals surface area contributed by atoms with Gasteiger partial charge < -0.3 is 15.4 Å². The number of anilines is 2. The molecule has 0 saturated carbocycles. The number of rotatable bonds is 6. The number of nitrogens with one attached hydrogen (secondary N) is 2. The van der Waals surface area contributed by atoms with Crippen LogP contribution in [0.1, 0.15) is 18.5 Å². The van der Waals surface area contributed by atoms with Crippen LogP contribution < -0.4 is 10.6 Å². The predicted octanol–water partition coefficient (Wildman–Crippen LogP) is 3.53. The highest BCUT2D eigenvalue weighted by Crippen LogP contribution is 2.20. The minimum Gasteiger partial charge on any atom is -0.380 e. The van der Waals surface area contributed by atoms with Crippen LogP contribution in [0.2, 0.25) is 0 Å². The van der Waals surface area contributed by atoms with E-state index in [0.717, 1.165) is 25.1 Å². The Hall–Kier alpha value is -2.25. The quantitative estimate of drug-likeness (QED) is 0.785. The van der Waals surface area contributed by atoms with Crippen molar-refractivity contribution in [1.82, 2.24) is 4.98 Å². The van der Waals surface area contributed by atoms with E-state index in [4.69, 9.17) is 4.74 Å². The molecule has 2 heterocycles. The number of nitrogens with zero attached hydrogens (tertiary/aromatic N) is 1. The summed E-state index contributed by atoms with van der Waals surface area (Å²) >= 11 is 1.45. The van der Waals surface area contributed by atoms with Crippen molar-refractivity contribution in [2.24, 2.45) is 0 Å². The summed E-state index contributed by atoms with van der Waals surface area (Å²) in [5, 5.41) is 7.50. The van der Waals surface area contributed by atoms with Gasteiger partial charge in [0.05, 0.1) is 23.0 Å². The smallest absolute Gasteiger partial charge is 0.248 e. The van der Waals surface area contributed by atoms with Crippen LogP contribution in [0.3, 0.4) is 0 Å². The molecule has 24 heavy (non-hydrogen) atoms. The van der Waals surface area contributed by atoms with Gasteiger partial charge >= 0.3 is 0 Å². The number of carbonyl (C=O) groups excluding carboxylic acids is 1. The molecule has 1 saturated heterocycles. The number of benzene rings is 1. The molecule has 3 rings (SSSR count). The van der Waals surface area contributed by atoms with Crippen molar-refractivity contribution >= 4 is 34.7 Å². The summed E-state index contributed by atoms with van der Waals surface area (Å²) in [5.74, 6) is -0.739. The zero-order valence-corrected chi connectivity index (χ0v) is 13.8. The fourth-order valence-electron chi connectivity index (χ4n) is 2.41. The van der Waals surface area contributed by atoms with Crippen molar-refractivity contribution in [1.29, 1.82) is 0 Å². The normalized spacial score (nSPS) is 17.3. The summed E-state index contributed by atoms with van der Waals surface area (Å²) in [4.78, 5) is 15.9. The first-order chi connectivity index (χ1) is 11.7. The average molecular weight is 347 g/mol. The second-order valence-corrected chi connectivity index (χ2v) is 6.17. The van der Waals surface area contributed by atoms with Gasteiger partial charge in [0.2, 0.25) is 5.91 Å². The van der Waals surface area contributed by atoms with Gasteiger partial charge in [0, 0.05) is 30.3 Å². The average Bonchev–Trinajstić information content (AvgIpc) is 3.26. The van der Waals surface area contributed by atoms with E-state index in [-0.39, 0.29) is 12.0 Å². The Bertz CT molecular complexity index is 713. The molecule has 1 aromatic carbocycles. The summed E-state index contributed by atoms with van der Waals surface area (Å²) in [6, 6.07) is 4.58. The molecule has 1 aliphatic rings. The van der Waals surface area contributed by atoms with Crippen LogP contribution >= 0.6 is 11.3 Å². The number of amides is 1. The van der Waals surface area contributed by atoms with E-state index in [1.165, 1.54) is 23.5 Å². The minimum absolute atomic E-state index is 0.139. The maximum atomic E-state index is 14.1. The van der Waals surface area contributed by atoms with Crippen LogP contribution in [-0.2, 0) is 9.53 Å². The third kappa shape index (κ3) is 4.62. The molecule has 2 N–H and O–H groups in total. The highest BCUT2D eigenvalue weighted by Gasteiger charge is 2.15. The molecule has 0 spiro atoms. The number of thiazole rings is 1. The standard InChI is InChI=1S/C17H18FN3O2S/c18-15-8-12(21-17(22)6-4-13-10-24-11-20-13)3-5-16(15)19-9-14-2-1-7-23-14/h3-6,8,10-11,14,19H,1-2,7,9H2,(H,21,22)/b6-4-/t14-/m1/s1. The van der Waals surface area contributed by atoms with Crippen molar-refractivity contribution < 1.29 is 13.9 Å². The number of ether oxygens (including phenoxy) is 1. The van der Waals surface area contributed by atoms with Crippen LogP contribution in [0.5, 0.6) is 0 Å². The number of aromatic nitrogens is 1. The summed E-state index contributed by atoms with van der Waals surface area (Å²) < 4.78 is 19.6. The highest BCUT2D eigenvalue weighted by atomic mass is 32.1. The molecular formula is C17H18FN3O2S. The SMILES string of the molecule is O=C(/C=C\c1cscn1)Nc1ccc(NC[C@H]2CCCO2)c(F)c1. The van der Waals surface area contributed by atoms with Crippen LogP contribution in [-0.4, -0.2) is 30.1 Å². The van der Waals surface area contributed by atoms with Crippen molar-refractivity contribution in [2.75, 3.05) is 23.8 Å². The van der Waals surface area contributed by atoms with E-state index in [2.05, 4.69) is 15.6 Å². The molecule has 1 amide bonds. The van der Waals surface area contributed by atoms with E-state index in [1.54, 1.807) is 23.7 Å². The number of hydrogen-bond acceptors (Lipinski definition) is 5. The van der Waals surface area contributed by atoms with Gasteiger partial charge in [0.1, 0.15) is 5.82 Å². The van der Waals surface area contributed by atoms with Crippen molar-refractivity contribution in [2.45, 2.75) is 18.9 Å². The van der Waals surface area contributed by atoms with E-state index < -0.39 is 5.82 Å². The summed E-state index contributed by atoms with van der Waals surface area (Å²) in [5.41, 5.74) is 3.22. The zero-order chi connectivity index (χ0) is 16.8. The van der Waals surface area contributed by atoms with Gasteiger partial charge in [-0.1, -0.05) is 0 Å².